The fraction of sp³-hybridized carbons (Fsp3) is 0.200. The summed E-state index contributed by atoms with van der Waals surface area (Å²) >= 11 is 0.719. The van der Waals surface area contributed by atoms with E-state index in [1.54, 1.807) is 6.92 Å². The van der Waals surface area contributed by atoms with E-state index in [1.165, 1.54) is 0 Å². The Morgan fingerprint density at radius 3 is 2.48 bits per heavy atom. The summed E-state index contributed by atoms with van der Waals surface area (Å²) in [7, 11) is -5.67. The summed E-state index contributed by atoms with van der Waals surface area (Å²) < 4.78 is 60.2. The average Bonchev–Trinajstić information content (AvgIpc) is 2.82. The number of nitrogens with zero attached hydrogens (tertiary/aromatic N) is 3. The van der Waals surface area contributed by atoms with Crippen LogP contribution in [-0.4, -0.2) is 34.0 Å². The molecule has 8 nitrogen and oxygen atoms in total. The minimum absolute atomic E-state index is 0.0878. The Hall–Kier alpha value is -2.15. The van der Waals surface area contributed by atoms with Crippen molar-refractivity contribution in [3.63, 3.8) is 0 Å². The number of H-pyrrole nitrogens is 1. The van der Waals surface area contributed by atoms with Crippen molar-refractivity contribution in [3.8, 4) is 0 Å². The molecule has 23 heavy (non-hydrogen) atoms. The number of nitrogens with one attached hydrogen (secondary N) is 1. The van der Waals surface area contributed by atoms with E-state index in [1.807, 2.05) is 0 Å². The van der Waals surface area contributed by atoms with Gasteiger partial charge in [0.15, 0.2) is 0 Å². The second-order valence-corrected chi connectivity index (χ2v) is 7.09. The molecule has 2 rings (SSSR count). The van der Waals surface area contributed by atoms with Gasteiger partial charge in [-0.25, -0.2) is 13.4 Å². The first-order valence-electron chi connectivity index (χ1n) is 5.69. The van der Waals surface area contributed by atoms with Gasteiger partial charge in [0.25, 0.3) is 15.5 Å². The van der Waals surface area contributed by atoms with Gasteiger partial charge in [-0.05, 0) is 30.8 Å². The van der Waals surface area contributed by atoms with Crippen LogP contribution in [-0.2, 0) is 9.84 Å². The molecule has 1 aromatic heterocycles. The molecular weight excluding hydrogens is 361 g/mol. The zero-order valence-corrected chi connectivity index (χ0v) is 12.8. The highest BCUT2D eigenvalue weighted by atomic mass is 32.2. The van der Waals surface area contributed by atoms with Crippen LogP contribution in [0.15, 0.2) is 33.1 Å². The third-order valence-corrected chi connectivity index (χ3v) is 4.93. The highest BCUT2D eigenvalue weighted by Crippen LogP contribution is 2.37. The first kappa shape index (κ1) is 17.2. The van der Waals surface area contributed by atoms with E-state index in [0.29, 0.717) is 18.0 Å². The molecule has 0 atom stereocenters. The maximum Gasteiger partial charge on any atom is 0.501 e. The van der Waals surface area contributed by atoms with Gasteiger partial charge in [0.05, 0.1) is 14.7 Å². The minimum Gasteiger partial charge on any atom is -0.262 e. The molecule has 13 heteroatoms. The van der Waals surface area contributed by atoms with Crippen LogP contribution in [0.5, 0.6) is 0 Å². The molecule has 2 aromatic rings. The van der Waals surface area contributed by atoms with Crippen LogP contribution < -0.4 is 0 Å². The van der Waals surface area contributed by atoms with Crippen molar-refractivity contribution in [3.05, 3.63) is 34.1 Å². The van der Waals surface area contributed by atoms with Crippen LogP contribution in [0.2, 0.25) is 0 Å². The molecule has 0 aliphatic rings. The molecule has 1 aromatic carbocycles. The lowest BCUT2D eigenvalue weighted by molar-refractivity contribution is -0.388. The molecule has 0 saturated heterocycles. The SMILES string of the molecule is Cc1nc(Sc2ccc(S(=O)(=O)C(F)(F)F)cc2[N+](=O)[O-])n[nH]1. The van der Waals surface area contributed by atoms with Gasteiger partial charge in [0.1, 0.15) is 5.82 Å². The molecule has 0 aliphatic carbocycles. The molecule has 0 aliphatic heterocycles. The van der Waals surface area contributed by atoms with Crippen molar-refractivity contribution in [2.45, 2.75) is 27.4 Å². The third-order valence-electron chi connectivity index (χ3n) is 2.52. The van der Waals surface area contributed by atoms with Gasteiger partial charge in [-0.2, -0.15) is 13.2 Å². The van der Waals surface area contributed by atoms with Crippen molar-refractivity contribution in [1.29, 1.82) is 0 Å². The Morgan fingerprint density at radius 2 is 2.00 bits per heavy atom. The lowest BCUT2D eigenvalue weighted by Gasteiger charge is -2.08. The zero-order valence-electron chi connectivity index (χ0n) is 11.2. The molecule has 124 valence electrons. The summed E-state index contributed by atoms with van der Waals surface area (Å²) in [6.45, 7) is 1.59. The second-order valence-electron chi connectivity index (χ2n) is 4.14. The molecule has 0 unspecified atom stereocenters. The van der Waals surface area contributed by atoms with E-state index < -0.39 is 30.9 Å². The topological polar surface area (TPSA) is 119 Å². The third kappa shape index (κ3) is 3.44. The van der Waals surface area contributed by atoms with Gasteiger partial charge in [-0.3, -0.25) is 15.2 Å². The number of rotatable bonds is 4. The quantitative estimate of drug-likeness (QED) is 0.650. The number of halogens is 3. The number of nitro groups is 1. The first-order valence-corrected chi connectivity index (χ1v) is 7.99. The fourth-order valence-electron chi connectivity index (χ4n) is 1.49. The van der Waals surface area contributed by atoms with Crippen molar-refractivity contribution < 1.29 is 26.5 Å². The molecule has 1 N–H and O–H groups in total. The largest absolute Gasteiger partial charge is 0.501 e. The number of hydrogen-bond donors (Lipinski definition) is 1. The Kier molecular flexibility index (Phi) is 4.34. The maximum atomic E-state index is 12.5. The Balaban J connectivity index is 2.49. The predicted molar refractivity (Wildman–Crippen MR) is 71.6 cm³/mol. The summed E-state index contributed by atoms with van der Waals surface area (Å²) in [5.74, 6) is 0.437. The fourth-order valence-corrected chi connectivity index (χ4v) is 3.12. The van der Waals surface area contributed by atoms with E-state index in [-0.39, 0.29) is 10.1 Å². The Labute approximate surface area is 131 Å². The van der Waals surface area contributed by atoms with Crippen LogP contribution in [0.1, 0.15) is 5.82 Å². The molecule has 0 fully saturated rings. The average molecular weight is 368 g/mol. The number of nitro benzene ring substituents is 1. The van der Waals surface area contributed by atoms with E-state index in [9.17, 15) is 31.7 Å². The van der Waals surface area contributed by atoms with Crippen molar-refractivity contribution in [1.82, 2.24) is 15.2 Å². The number of aromatic nitrogens is 3. The van der Waals surface area contributed by atoms with Gasteiger partial charge in [-0.1, -0.05) is 0 Å². The lowest BCUT2D eigenvalue weighted by Crippen LogP contribution is -2.23. The monoisotopic (exact) mass is 368 g/mol. The molecule has 0 saturated carbocycles. The minimum atomic E-state index is -5.67. The smallest absolute Gasteiger partial charge is 0.262 e. The summed E-state index contributed by atoms with van der Waals surface area (Å²) in [6, 6.07) is 1.93. The molecule has 1 heterocycles. The van der Waals surface area contributed by atoms with E-state index in [4.69, 9.17) is 0 Å². The van der Waals surface area contributed by atoms with E-state index in [2.05, 4.69) is 15.2 Å². The number of aryl methyl sites for hydroxylation is 1. The van der Waals surface area contributed by atoms with Gasteiger partial charge < -0.3 is 0 Å². The summed E-state index contributed by atoms with van der Waals surface area (Å²) in [5.41, 5.74) is -6.33. The predicted octanol–water partition coefficient (Wildman–Crippen LogP) is 2.47. The molecule has 0 radical (unpaired) electrons. The summed E-state index contributed by atoms with van der Waals surface area (Å²) in [6.07, 6.45) is 0. The molecule has 0 bridgehead atoms. The normalized spacial score (nSPS) is 12.3. The number of benzene rings is 1. The molecular formula is C10H7F3N4O4S2. The highest BCUT2D eigenvalue weighted by Gasteiger charge is 2.47. The van der Waals surface area contributed by atoms with Gasteiger partial charge in [-0.15, -0.1) is 5.10 Å². The Bertz CT molecular complexity index is 863. The van der Waals surface area contributed by atoms with Crippen LogP contribution in [0.4, 0.5) is 18.9 Å². The lowest BCUT2D eigenvalue weighted by atomic mass is 10.3. The van der Waals surface area contributed by atoms with Crippen LogP contribution in [0, 0.1) is 17.0 Å². The van der Waals surface area contributed by atoms with E-state index >= 15 is 0 Å². The Morgan fingerprint density at radius 1 is 1.35 bits per heavy atom. The second kappa shape index (κ2) is 5.81. The number of sulfone groups is 1. The number of hydrogen-bond acceptors (Lipinski definition) is 7. The summed E-state index contributed by atoms with van der Waals surface area (Å²) in [5, 5.41) is 17.3. The van der Waals surface area contributed by atoms with Crippen LogP contribution in [0.3, 0.4) is 0 Å². The van der Waals surface area contributed by atoms with Crippen LogP contribution in [0.25, 0.3) is 0 Å². The van der Waals surface area contributed by atoms with Crippen LogP contribution >= 0.6 is 11.8 Å². The molecule has 0 spiro atoms. The molecule has 0 amide bonds. The number of alkyl halides is 3. The number of aromatic amines is 1. The summed E-state index contributed by atoms with van der Waals surface area (Å²) in [4.78, 5) is 12.6. The zero-order chi connectivity index (χ0) is 17.4. The van der Waals surface area contributed by atoms with Crippen molar-refractivity contribution in [2.24, 2.45) is 0 Å². The van der Waals surface area contributed by atoms with Crippen molar-refractivity contribution in [2.75, 3.05) is 0 Å². The van der Waals surface area contributed by atoms with E-state index in [0.717, 1.165) is 17.8 Å². The highest BCUT2D eigenvalue weighted by molar-refractivity contribution is 7.99. The van der Waals surface area contributed by atoms with Gasteiger partial charge in [0.2, 0.25) is 5.16 Å². The van der Waals surface area contributed by atoms with Crippen molar-refractivity contribution >= 4 is 27.3 Å². The standard InChI is InChI=1S/C10H7F3N4O4S2/c1-5-14-9(16-15-5)22-8-3-2-6(4-7(8)17(18)19)23(20,21)10(11,12)13/h2-4H,1H3,(H,14,15,16). The van der Waals surface area contributed by atoms with Gasteiger partial charge in [0, 0.05) is 6.07 Å². The maximum absolute atomic E-state index is 12.5. The first-order chi connectivity index (χ1) is 10.5. The van der Waals surface area contributed by atoms with Gasteiger partial charge >= 0.3 is 5.51 Å².